The van der Waals surface area contributed by atoms with Crippen LogP contribution in [-0.2, 0) is 11.6 Å². The number of halogens is 4. The van der Waals surface area contributed by atoms with E-state index in [1.54, 1.807) is 11.3 Å². The van der Waals surface area contributed by atoms with Gasteiger partial charge in [-0.15, -0.1) is 22.9 Å². The third-order valence-corrected chi connectivity index (χ3v) is 5.34. The highest BCUT2D eigenvalue weighted by atomic mass is 35.5. The topological polar surface area (TPSA) is 0 Å². The maximum absolute atomic E-state index is 12.5. The second-order valence-electron chi connectivity index (χ2n) is 5.93. The van der Waals surface area contributed by atoms with Gasteiger partial charge >= 0.3 is 6.18 Å². The van der Waals surface area contributed by atoms with Crippen molar-refractivity contribution in [1.29, 1.82) is 0 Å². The van der Waals surface area contributed by atoms with Crippen LogP contribution in [0.1, 0.15) is 47.0 Å². The molecule has 0 saturated heterocycles. The predicted molar refractivity (Wildman–Crippen MR) is 82.2 cm³/mol. The maximum atomic E-state index is 12.5. The Balaban J connectivity index is 2.24. The minimum atomic E-state index is -4.32. The monoisotopic (exact) mass is 332 g/mol. The van der Waals surface area contributed by atoms with Crippen LogP contribution in [0.25, 0.3) is 0 Å². The van der Waals surface area contributed by atoms with Gasteiger partial charge in [-0.05, 0) is 35.2 Å². The molecule has 1 unspecified atom stereocenters. The molecule has 5 heteroatoms. The van der Waals surface area contributed by atoms with Gasteiger partial charge in [0.2, 0.25) is 0 Å². The molecule has 0 spiro atoms. The van der Waals surface area contributed by atoms with Gasteiger partial charge in [-0.25, -0.2) is 0 Å². The van der Waals surface area contributed by atoms with E-state index in [4.69, 9.17) is 11.6 Å². The second kappa shape index (κ2) is 5.65. The molecule has 0 aliphatic heterocycles. The van der Waals surface area contributed by atoms with Crippen molar-refractivity contribution in [3.05, 3.63) is 57.3 Å². The predicted octanol–water partition coefficient (Wildman–Crippen LogP) is 6.39. The van der Waals surface area contributed by atoms with Gasteiger partial charge in [-0.1, -0.05) is 32.9 Å². The molecule has 0 saturated carbocycles. The van der Waals surface area contributed by atoms with Gasteiger partial charge < -0.3 is 0 Å². The van der Waals surface area contributed by atoms with Crippen LogP contribution < -0.4 is 0 Å². The molecule has 21 heavy (non-hydrogen) atoms. The Hall–Kier alpha value is -1.00. The molecule has 0 N–H and O–H groups in total. The van der Waals surface area contributed by atoms with Crippen LogP contribution in [0.15, 0.2) is 36.4 Å². The summed E-state index contributed by atoms with van der Waals surface area (Å²) in [6, 6.07) is 9.00. The van der Waals surface area contributed by atoms with Crippen molar-refractivity contribution >= 4 is 22.9 Å². The Morgan fingerprint density at radius 2 is 1.52 bits per heavy atom. The van der Waals surface area contributed by atoms with E-state index < -0.39 is 17.1 Å². The lowest BCUT2D eigenvalue weighted by Gasteiger charge is -2.15. The summed E-state index contributed by atoms with van der Waals surface area (Å²) >= 11 is 7.99. The zero-order valence-corrected chi connectivity index (χ0v) is 13.5. The highest BCUT2D eigenvalue weighted by molar-refractivity contribution is 7.12. The number of hydrogen-bond donors (Lipinski definition) is 0. The van der Waals surface area contributed by atoms with E-state index in [1.165, 1.54) is 17.0 Å². The van der Waals surface area contributed by atoms with Crippen LogP contribution in [0.4, 0.5) is 13.2 Å². The van der Waals surface area contributed by atoms with E-state index in [0.717, 1.165) is 17.0 Å². The summed E-state index contributed by atoms with van der Waals surface area (Å²) in [7, 11) is 0. The number of thiophene rings is 1. The molecule has 0 aliphatic rings. The molecular formula is C16H16ClF3S. The summed E-state index contributed by atoms with van der Waals surface area (Å²) in [4.78, 5) is 2.15. The first-order valence-corrected chi connectivity index (χ1v) is 7.76. The van der Waals surface area contributed by atoms with Crippen molar-refractivity contribution in [3.63, 3.8) is 0 Å². The second-order valence-corrected chi connectivity index (χ2v) is 7.49. The largest absolute Gasteiger partial charge is 0.416 e. The zero-order chi connectivity index (χ0) is 15.8. The fourth-order valence-corrected chi connectivity index (χ4v) is 3.32. The third kappa shape index (κ3) is 3.80. The number of hydrogen-bond acceptors (Lipinski definition) is 1. The third-order valence-electron chi connectivity index (χ3n) is 3.15. The lowest BCUT2D eigenvalue weighted by atomic mass is 9.95. The molecule has 2 rings (SSSR count). The van der Waals surface area contributed by atoms with E-state index in [9.17, 15) is 13.2 Å². The molecule has 0 bridgehead atoms. The summed E-state index contributed by atoms with van der Waals surface area (Å²) in [6.45, 7) is 6.35. The number of alkyl halides is 4. The van der Waals surface area contributed by atoms with E-state index >= 15 is 0 Å². The van der Waals surface area contributed by atoms with Crippen molar-refractivity contribution in [2.45, 2.75) is 37.7 Å². The molecule has 114 valence electrons. The Kier molecular flexibility index (Phi) is 4.41. The first-order chi connectivity index (χ1) is 9.59. The minimum absolute atomic E-state index is 0.0413. The van der Waals surface area contributed by atoms with Crippen molar-refractivity contribution in [2.24, 2.45) is 0 Å². The summed E-state index contributed by atoms with van der Waals surface area (Å²) in [6.07, 6.45) is -4.32. The molecule has 1 heterocycles. The highest BCUT2D eigenvalue weighted by Gasteiger charge is 2.30. The van der Waals surface area contributed by atoms with Crippen molar-refractivity contribution in [2.75, 3.05) is 0 Å². The summed E-state index contributed by atoms with van der Waals surface area (Å²) in [5, 5.41) is -0.423. The highest BCUT2D eigenvalue weighted by Crippen LogP contribution is 2.38. The van der Waals surface area contributed by atoms with Gasteiger partial charge in [0.05, 0.1) is 10.9 Å². The van der Waals surface area contributed by atoms with Gasteiger partial charge in [-0.2, -0.15) is 13.2 Å². The average Bonchev–Trinajstić information content (AvgIpc) is 2.86. The molecule has 1 aromatic heterocycles. The molecule has 0 radical (unpaired) electrons. The smallest absolute Gasteiger partial charge is 0.166 e. The van der Waals surface area contributed by atoms with Gasteiger partial charge in [0.15, 0.2) is 0 Å². The summed E-state index contributed by atoms with van der Waals surface area (Å²) < 4.78 is 37.6. The van der Waals surface area contributed by atoms with E-state index in [0.29, 0.717) is 5.56 Å². The van der Waals surface area contributed by atoms with Crippen LogP contribution in [0.5, 0.6) is 0 Å². The van der Waals surface area contributed by atoms with Gasteiger partial charge in [0.25, 0.3) is 0 Å². The fraction of sp³-hybridized carbons (Fsp3) is 0.375. The molecule has 0 amide bonds. The zero-order valence-electron chi connectivity index (χ0n) is 12.0. The molecule has 1 aromatic carbocycles. The fourth-order valence-electron chi connectivity index (χ4n) is 1.90. The quantitative estimate of drug-likeness (QED) is 0.559. The molecule has 2 aromatic rings. The van der Waals surface area contributed by atoms with Crippen molar-refractivity contribution in [3.8, 4) is 0 Å². The minimum Gasteiger partial charge on any atom is -0.166 e. The van der Waals surface area contributed by atoms with Gasteiger partial charge in [0.1, 0.15) is 0 Å². The van der Waals surface area contributed by atoms with Gasteiger partial charge in [-0.3, -0.25) is 0 Å². The van der Waals surface area contributed by atoms with E-state index in [-0.39, 0.29) is 5.41 Å². The van der Waals surface area contributed by atoms with Crippen LogP contribution in [-0.4, -0.2) is 0 Å². The molecule has 1 atom stereocenters. The van der Waals surface area contributed by atoms with Crippen molar-refractivity contribution in [1.82, 2.24) is 0 Å². The molecule has 0 aliphatic carbocycles. The molecule has 0 fully saturated rings. The lowest BCUT2D eigenvalue weighted by Crippen LogP contribution is -2.07. The standard InChI is InChI=1S/C16H16ClF3S/c1-15(2,3)13-9-8-12(21-13)14(17)10-4-6-11(7-5-10)16(18,19)20/h4-9,14H,1-3H3. The number of rotatable bonds is 2. The first kappa shape index (κ1) is 16.4. The van der Waals surface area contributed by atoms with E-state index in [1.807, 2.05) is 12.1 Å². The maximum Gasteiger partial charge on any atom is 0.416 e. The Morgan fingerprint density at radius 1 is 0.952 bits per heavy atom. The number of benzene rings is 1. The SMILES string of the molecule is CC(C)(C)c1ccc(C(Cl)c2ccc(C(F)(F)F)cc2)s1. The molecular weight excluding hydrogens is 317 g/mol. The summed E-state index contributed by atoms with van der Waals surface area (Å²) in [5.74, 6) is 0. The first-order valence-electron chi connectivity index (χ1n) is 6.50. The Bertz CT molecular complexity index is 606. The van der Waals surface area contributed by atoms with Crippen LogP contribution >= 0.6 is 22.9 Å². The molecule has 0 nitrogen and oxygen atoms in total. The van der Waals surface area contributed by atoms with Crippen LogP contribution in [0, 0.1) is 0 Å². The summed E-state index contributed by atoms with van der Waals surface area (Å²) in [5.41, 5.74) is 0.0586. The lowest BCUT2D eigenvalue weighted by molar-refractivity contribution is -0.137. The Labute approximate surface area is 131 Å². The normalized spacial score (nSPS) is 14.2. The Morgan fingerprint density at radius 3 is 1.95 bits per heavy atom. The van der Waals surface area contributed by atoms with E-state index in [2.05, 4.69) is 20.8 Å². The van der Waals surface area contributed by atoms with Crippen molar-refractivity contribution < 1.29 is 13.2 Å². The van der Waals surface area contributed by atoms with Gasteiger partial charge in [0, 0.05) is 9.75 Å². The van der Waals surface area contributed by atoms with Crippen LogP contribution in [0.2, 0.25) is 0 Å². The average molecular weight is 333 g/mol. The van der Waals surface area contributed by atoms with Crippen LogP contribution in [0.3, 0.4) is 0 Å².